The van der Waals surface area contributed by atoms with E-state index < -0.39 is 0 Å². The molecule has 0 aliphatic heterocycles. The third kappa shape index (κ3) is 187. The van der Waals surface area contributed by atoms with Gasteiger partial charge >= 0.3 is 36.9 Å². The SMILES string of the molecule is [Ga+3].[OH-].[OH-].[OH-].[OH-].[OH-].[SeH4+2]. The van der Waals surface area contributed by atoms with E-state index in [-0.39, 0.29) is 64.2 Å². The molecule has 0 rings (SSSR count). The molecule has 0 radical (unpaired) electrons. The van der Waals surface area contributed by atoms with Gasteiger partial charge in [-0.05, 0) is 0 Å². The summed E-state index contributed by atoms with van der Waals surface area (Å²) >= 11 is 0. The van der Waals surface area contributed by atoms with E-state index in [1.807, 2.05) is 0 Å². The van der Waals surface area contributed by atoms with Crippen LogP contribution in [0, 0.1) is 0 Å². The fourth-order valence-electron chi connectivity index (χ4n) is 0. The van der Waals surface area contributed by atoms with Gasteiger partial charge in [-0.25, -0.2) is 0 Å². The predicted octanol–water partition coefficient (Wildman–Crippen LogP) is -2.72. The van der Waals surface area contributed by atoms with Gasteiger partial charge < -0.3 is 27.4 Å². The van der Waals surface area contributed by atoms with Crippen LogP contribution in [0.15, 0.2) is 0 Å². The second-order valence-corrected chi connectivity index (χ2v) is 0. The Morgan fingerprint density at radius 1 is 0.429 bits per heavy atom. The zero-order valence-electron chi connectivity index (χ0n) is 3.52. The van der Waals surface area contributed by atoms with Gasteiger partial charge in [0.1, 0.15) is 0 Å². The summed E-state index contributed by atoms with van der Waals surface area (Å²) in [5.41, 5.74) is 0. The van der Waals surface area contributed by atoms with Crippen molar-refractivity contribution in [2.24, 2.45) is 0 Å². The standard InChI is InChI=1S/Ga.5H2O.H4Se/h;5*1H2;1H4/q+3;;;;;;+2/p-5. The molecule has 0 aromatic carbocycles. The van der Waals surface area contributed by atoms with E-state index in [0.717, 1.165) is 0 Å². The van der Waals surface area contributed by atoms with Crippen molar-refractivity contribution in [3.63, 3.8) is 0 Å². The first-order valence-corrected chi connectivity index (χ1v) is 0. The molecule has 0 bridgehead atoms. The third-order valence-corrected chi connectivity index (χ3v) is 0. The molecular formula is H9GaO5Se. The summed E-state index contributed by atoms with van der Waals surface area (Å²) in [5, 5.41) is 0. The molecule has 5 nitrogen and oxygen atoms in total. The van der Waals surface area contributed by atoms with Gasteiger partial charge in [0.15, 0.2) is 0 Å². The normalized spacial score (nSPS) is 0. The van der Waals surface area contributed by atoms with Crippen molar-refractivity contribution < 1.29 is 27.4 Å². The van der Waals surface area contributed by atoms with Crippen LogP contribution in [0.1, 0.15) is 0 Å². The maximum atomic E-state index is 0. The van der Waals surface area contributed by atoms with Crippen molar-refractivity contribution in [1.29, 1.82) is 0 Å². The fourth-order valence-corrected chi connectivity index (χ4v) is 0. The van der Waals surface area contributed by atoms with Crippen LogP contribution in [-0.2, 0) is 0 Å². The van der Waals surface area contributed by atoms with Crippen molar-refractivity contribution in [3.8, 4) is 0 Å². The van der Waals surface area contributed by atoms with Crippen molar-refractivity contribution in [2.75, 3.05) is 0 Å². The van der Waals surface area contributed by atoms with E-state index in [0.29, 0.717) is 0 Å². The predicted molar refractivity (Wildman–Crippen MR) is 26.8 cm³/mol. The Bertz CT molecular complexity index is 8.04. The summed E-state index contributed by atoms with van der Waals surface area (Å²) in [6.07, 6.45) is 0. The van der Waals surface area contributed by atoms with Crippen molar-refractivity contribution in [2.45, 2.75) is 0 Å². The molecule has 0 spiro atoms. The Labute approximate surface area is 64.5 Å². The zero-order chi connectivity index (χ0) is 0. The summed E-state index contributed by atoms with van der Waals surface area (Å²) in [5.74, 6) is 0. The molecule has 0 heterocycles. The minimum absolute atomic E-state index is 0. The summed E-state index contributed by atoms with van der Waals surface area (Å²) in [6, 6.07) is 0. The molecule has 0 aliphatic rings. The minimum atomic E-state index is 0. The fraction of sp³-hybridized carbons (Fsp3) is 0. The molecule has 0 atom stereocenters. The Balaban J connectivity index is 0. The van der Waals surface area contributed by atoms with Crippen LogP contribution in [0.5, 0.6) is 0 Å². The van der Waals surface area contributed by atoms with Gasteiger partial charge in [-0.1, -0.05) is 0 Å². The Morgan fingerprint density at radius 3 is 0.429 bits per heavy atom. The molecule has 0 unspecified atom stereocenters. The van der Waals surface area contributed by atoms with E-state index >= 15 is 0 Å². The first-order valence-electron chi connectivity index (χ1n) is 0. The van der Waals surface area contributed by atoms with Crippen molar-refractivity contribution in [3.05, 3.63) is 0 Å². The molecule has 0 fully saturated rings. The van der Waals surface area contributed by atoms with Crippen LogP contribution in [0.2, 0.25) is 0 Å². The molecule has 48 valence electrons. The Hall–Kier alpha value is 0.956. The summed E-state index contributed by atoms with van der Waals surface area (Å²) < 4.78 is 0. The molecule has 0 saturated carbocycles. The monoisotopic (exact) mass is 238 g/mol. The average Bonchev–Trinajstić information content (AvgIpc) is 0. The number of hydrogen-bond donors (Lipinski definition) is 0. The van der Waals surface area contributed by atoms with Gasteiger partial charge in [-0.2, -0.15) is 0 Å². The van der Waals surface area contributed by atoms with E-state index in [4.69, 9.17) is 0 Å². The van der Waals surface area contributed by atoms with Crippen LogP contribution in [0.25, 0.3) is 0 Å². The van der Waals surface area contributed by atoms with Crippen LogP contribution in [-0.4, -0.2) is 64.2 Å². The topological polar surface area (TPSA) is 150 Å². The second kappa shape index (κ2) is 270. The number of rotatable bonds is 0. The van der Waals surface area contributed by atoms with Gasteiger partial charge in [0.25, 0.3) is 0 Å². The molecule has 5 N–H and O–H groups in total. The van der Waals surface area contributed by atoms with Crippen LogP contribution < -0.4 is 0 Å². The van der Waals surface area contributed by atoms with Gasteiger partial charge in [-0.3, -0.25) is 0 Å². The number of hydrogen-bond acceptors (Lipinski definition) is 5. The van der Waals surface area contributed by atoms with Crippen LogP contribution >= 0.6 is 0 Å². The molecule has 7 heavy (non-hydrogen) atoms. The molecule has 0 aromatic heterocycles. The first kappa shape index (κ1) is 421. The average molecular weight is 238 g/mol. The first-order chi connectivity index (χ1) is 0. The van der Waals surface area contributed by atoms with Gasteiger partial charge in [0, 0.05) is 0 Å². The molecule has 7 heteroatoms. The summed E-state index contributed by atoms with van der Waals surface area (Å²) in [7, 11) is 0. The Kier molecular flexibility index (Phi) is 16300. The van der Waals surface area contributed by atoms with E-state index in [1.165, 1.54) is 0 Å². The van der Waals surface area contributed by atoms with Gasteiger partial charge in [0.05, 0.1) is 0 Å². The maximum absolute atomic E-state index is 0. The second-order valence-electron chi connectivity index (χ2n) is 0. The van der Waals surface area contributed by atoms with Gasteiger partial charge in [-0.15, -0.1) is 0 Å². The molecule has 0 amide bonds. The Morgan fingerprint density at radius 2 is 0.429 bits per heavy atom. The van der Waals surface area contributed by atoms with Crippen molar-refractivity contribution >= 4 is 36.9 Å². The van der Waals surface area contributed by atoms with Crippen LogP contribution in [0.4, 0.5) is 0 Å². The quantitative estimate of drug-likeness (QED) is 0.420. The molecule has 0 aromatic rings. The third-order valence-electron chi connectivity index (χ3n) is 0. The van der Waals surface area contributed by atoms with Gasteiger partial charge in [0.2, 0.25) is 0 Å². The molecular weight excluding hydrogens is 229 g/mol. The summed E-state index contributed by atoms with van der Waals surface area (Å²) in [4.78, 5) is 0. The zero-order valence-corrected chi connectivity index (χ0v) is 8.91. The van der Waals surface area contributed by atoms with Crippen LogP contribution in [0.3, 0.4) is 0 Å². The van der Waals surface area contributed by atoms with E-state index in [2.05, 4.69) is 0 Å². The van der Waals surface area contributed by atoms with E-state index in [1.54, 1.807) is 0 Å². The van der Waals surface area contributed by atoms with Crippen molar-refractivity contribution in [1.82, 2.24) is 0 Å². The molecule has 0 saturated heterocycles. The van der Waals surface area contributed by atoms with E-state index in [9.17, 15) is 0 Å². The molecule has 0 aliphatic carbocycles. The summed E-state index contributed by atoms with van der Waals surface area (Å²) in [6.45, 7) is 0.